The number of anilines is 1. The Hall–Kier alpha value is -3.08. The molecule has 0 aliphatic heterocycles. The van der Waals surface area contributed by atoms with Gasteiger partial charge in [0.1, 0.15) is 6.61 Å². The molecular formula is C22H20ClN5O3S2. The quantitative estimate of drug-likeness (QED) is 0.326. The summed E-state index contributed by atoms with van der Waals surface area (Å²) in [6.07, 6.45) is 0. The summed E-state index contributed by atoms with van der Waals surface area (Å²) in [5, 5.41) is 14.9. The van der Waals surface area contributed by atoms with Gasteiger partial charge in [-0.3, -0.25) is 4.79 Å². The van der Waals surface area contributed by atoms with Gasteiger partial charge >= 0.3 is 0 Å². The van der Waals surface area contributed by atoms with Crippen molar-refractivity contribution in [2.75, 3.05) is 18.2 Å². The van der Waals surface area contributed by atoms with Crippen molar-refractivity contribution in [3.63, 3.8) is 0 Å². The summed E-state index contributed by atoms with van der Waals surface area (Å²) in [6, 6.07) is 14.8. The minimum absolute atomic E-state index is 0.174. The van der Waals surface area contributed by atoms with Crippen LogP contribution in [0.25, 0.3) is 11.3 Å². The largest absolute Gasteiger partial charge is 0.493 e. The number of rotatable bonds is 9. The Balaban J connectivity index is 1.30. The molecule has 0 saturated carbocycles. The van der Waals surface area contributed by atoms with Crippen molar-refractivity contribution in [2.45, 2.75) is 11.8 Å². The molecule has 2 heterocycles. The summed E-state index contributed by atoms with van der Waals surface area (Å²) in [4.78, 5) is 16.9. The van der Waals surface area contributed by atoms with E-state index in [0.717, 1.165) is 11.3 Å². The second-order valence-corrected chi connectivity index (χ2v) is 9.02. The van der Waals surface area contributed by atoms with Crippen LogP contribution in [0.1, 0.15) is 5.82 Å². The van der Waals surface area contributed by atoms with Crippen molar-refractivity contribution in [1.29, 1.82) is 0 Å². The van der Waals surface area contributed by atoms with Gasteiger partial charge < -0.3 is 19.4 Å². The van der Waals surface area contributed by atoms with Gasteiger partial charge in [0.25, 0.3) is 0 Å². The summed E-state index contributed by atoms with van der Waals surface area (Å²) >= 11 is 8.59. The highest BCUT2D eigenvalue weighted by atomic mass is 35.5. The highest BCUT2D eigenvalue weighted by molar-refractivity contribution is 7.99. The zero-order valence-electron chi connectivity index (χ0n) is 17.8. The third kappa shape index (κ3) is 5.84. The Morgan fingerprint density at radius 3 is 2.67 bits per heavy atom. The van der Waals surface area contributed by atoms with Crippen molar-refractivity contribution in [3.05, 3.63) is 64.8 Å². The average Bonchev–Trinajstić information content (AvgIpc) is 3.43. The topological polar surface area (TPSA) is 91.2 Å². The smallest absolute Gasteiger partial charge is 0.236 e. The van der Waals surface area contributed by atoms with Crippen molar-refractivity contribution in [2.24, 2.45) is 7.05 Å². The molecule has 33 heavy (non-hydrogen) atoms. The SMILES string of the molecule is COc1ccccc1OCc1nnc(SCC(=O)Nc2nc(-c3ccc(Cl)cc3)cs2)n1C. The van der Waals surface area contributed by atoms with Crippen molar-refractivity contribution < 1.29 is 14.3 Å². The number of amides is 1. The zero-order chi connectivity index (χ0) is 23.2. The Morgan fingerprint density at radius 1 is 1.15 bits per heavy atom. The number of hydrogen-bond donors (Lipinski definition) is 1. The standard InChI is InChI=1S/C22H20ClN5O3S2/c1-28-19(11-31-18-6-4-3-5-17(18)30-2)26-27-22(28)33-13-20(29)25-21-24-16(12-32-21)14-7-9-15(23)10-8-14/h3-10,12H,11,13H2,1-2H3,(H,24,25,29). The van der Waals surface area contributed by atoms with Crippen molar-refractivity contribution in [3.8, 4) is 22.8 Å². The number of carbonyl (C=O) groups is 1. The molecular weight excluding hydrogens is 482 g/mol. The van der Waals surface area contributed by atoms with Gasteiger partial charge in [-0.1, -0.05) is 47.6 Å². The molecule has 4 rings (SSSR count). The van der Waals surface area contributed by atoms with E-state index in [4.69, 9.17) is 21.1 Å². The highest BCUT2D eigenvalue weighted by Crippen LogP contribution is 2.28. The van der Waals surface area contributed by atoms with Crippen LogP contribution in [0.3, 0.4) is 0 Å². The normalized spacial score (nSPS) is 10.8. The number of thiazole rings is 1. The number of nitrogens with zero attached hydrogens (tertiary/aromatic N) is 4. The summed E-state index contributed by atoms with van der Waals surface area (Å²) in [5.74, 6) is 1.91. The van der Waals surface area contributed by atoms with Crippen LogP contribution in [-0.4, -0.2) is 38.5 Å². The van der Waals surface area contributed by atoms with Crippen LogP contribution in [0.5, 0.6) is 11.5 Å². The Labute approximate surface area is 203 Å². The Kier molecular flexibility index (Phi) is 7.48. The van der Waals surface area contributed by atoms with E-state index in [1.165, 1.54) is 23.1 Å². The van der Waals surface area contributed by atoms with Crippen LogP contribution >= 0.6 is 34.7 Å². The van der Waals surface area contributed by atoms with E-state index in [9.17, 15) is 4.79 Å². The Morgan fingerprint density at radius 2 is 1.91 bits per heavy atom. The lowest BCUT2D eigenvalue weighted by atomic mass is 10.2. The van der Waals surface area contributed by atoms with Crippen molar-refractivity contribution >= 4 is 45.7 Å². The molecule has 0 aliphatic carbocycles. The minimum Gasteiger partial charge on any atom is -0.493 e. The first-order chi connectivity index (χ1) is 16.0. The number of nitrogens with one attached hydrogen (secondary N) is 1. The average molecular weight is 502 g/mol. The molecule has 2 aromatic heterocycles. The van der Waals surface area contributed by atoms with Crippen LogP contribution in [0.4, 0.5) is 5.13 Å². The van der Waals surface area contributed by atoms with Gasteiger partial charge in [-0.05, 0) is 24.3 Å². The van der Waals surface area contributed by atoms with Gasteiger partial charge in [0.2, 0.25) is 5.91 Å². The number of hydrogen-bond acceptors (Lipinski definition) is 8. The number of aromatic nitrogens is 4. The number of carbonyl (C=O) groups excluding carboxylic acids is 1. The summed E-state index contributed by atoms with van der Waals surface area (Å²) in [5.41, 5.74) is 1.72. The number of thioether (sulfide) groups is 1. The van der Waals surface area contributed by atoms with E-state index in [-0.39, 0.29) is 18.3 Å². The molecule has 8 nitrogen and oxygen atoms in total. The van der Waals surface area contributed by atoms with Gasteiger partial charge in [-0.15, -0.1) is 21.5 Å². The fourth-order valence-corrected chi connectivity index (χ4v) is 4.44. The van der Waals surface area contributed by atoms with Crippen LogP contribution in [0.2, 0.25) is 5.02 Å². The lowest BCUT2D eigenvalue weighted by Crippen LogP contribution is -2.14. The Bertz CT molecular complexity index is 1240. The molecule has 0 spiro atoms. The minimum atomic E-state index is -0.174. The van der Waals surface area contributed by atoms with Crippen LogP contribution in [-0.2, 0) is 18.4 Å². The third-order valence-corrected chi connectivity index (χ3v) is 6.60. The van der Waals surface area contributed by atoms with E-state index in [0.29, 0.717) is 32.6 Å². The second-order valence-electron chi connectivity index (χ2n) is 6.78. The van der Waals surface area contributed by atoms with E-state index in [2.05, 4.69) is 20.5 Å². The molecule has 2 aromatic carbocycles. The van der Waals surface area contributed by atoms with Crippen LogP contribution in [0.15, 0.2) is 59.1 Å². The van der Waals surface area contributed by atoms with Gasteiger partial charge in [0.15, 0.2) is 27.6 Å². The lowest BCUT2D eigenvalue weighted by molar-refractivity contribution is -0.113. The molecule has 0 bridgehead atoms. The first kappa shape index (κ1) is 23.1. The number of halogens is 1. The van der Waals surface area contributed by atoms with Gasteiger partial charge in [-0.25, -0.2) is 4.98 Å². The number of para-hydroxylation sites is 2. The molecule has 0 aliphatic rings. The van der Waals surface area contributed by atoms with Crippen molar-refractivity contribution in [1.82, 2.24) is 19.7 Å². The molecule has 170 valence electrons. The summed E-state index contributed by atoms with van der Waals surface area (Å²) < 4.78 is 12.9. The maximum atomic E-state index is 12.4. The van der Waals surface area contributed by atoms with Gasteiger partial charge in [-0.2, -0.15) is 0 Å². The predicted octanol–water partition coefficient (Wildman–Crippen LogP) is 4.91. The molecule has 4 aromatic rings. The summed E-state index contributed by atoms with van der Waals surface area (Å²) in [6.45, 7) is 0.225. The number of methoxy groups -OCH3 is 1. The molecule has 0 fully saturated rings. The monoisotopic (exact) mass is 501 g/mol. The maximum Gasteiger partial charge on any atom is 0.236 e. The molecule has 1 N–H and O–H groups in total. The van der Waals surface area contributed by atoms with Gasteiger partial charge in [0, 0.05) is 23.0 Å². The summed E-state index contributed by atoms with van der Waals surface area (Å²) in [7, 11) is 3.43. The molecule has 1 amide bonds. The number of ether oxygens (including phenoxy) is 2. The van der Waals surface area contributed by atoms with E-state index in [1.807, 2.05) is 61.0 Å². The highest BCUT2D eigenvalue weighted by Gasteiger charge is 2.14. The third-order valence-electron chi connectivity index (χ3n) is 4.57. The van der Waals surface area contributed by atoms with Crippen LogP contribution in [0, 0.1) is 0 Å². The van der Waals surface area contributed by atoms with Gasteiger partial charge in [0.05, 0.1) is 18.6 Å². The van der Waals surface area contributed by atoms with Crippen LogP contribution < -0.4 is 14.8 Å². The molecule has 0 atom stereocenters. The second kappa shape index (κ2) is 10.7. The van der Waals surface area contributed by atoms with E-state index in [1.54, 1.807) is 11.7 Å². The number of benzene rings is 2. The fraction of sp³-hybridized carbons (Fsp3) is 0.182. The molecule has 11 heteroatoms. The predicted molar refractivity (Wildman–Crippen MR) is 130 cm³/mol. The lowest BCUT2D eigenvalue weighted by Gasteiger charge is -2.10. The zero-order valence-corrected chi connectivity index (χ0v) is 20.2. The molecule has 0 unspecified atom stereocenters. The molecule has 0 radical (unpaired) electrons. The maximum absolute atomic E-state index is 12.4. The van der Waals surface area contributed by atoms with E-state index >= 15 is 0 Å². The first-order valence-corrected chi connectivity index (χ1v) is 12.1. The van der Waals surface area contributed by atoms with E-state index < -0.39 is 0 Å². The first-order valence-electron chi connectivity index (χ1n) is 9.81. The fourth-order valence-electron chi connectivity index (χ4n) is 2.85. The molecule has 0 saturated heterocycles.